The summed E-state index contributed by atoms with van der Waals surface area (Å²) in [6, 6.07) is 1.49. The Morgan fingerprint density at radius 2 is 1.95 bits per heavy atom. The predicted molar refractivity (Wildman–Crippen MR) is 82.9 cm³/mol. The van der Waals surface area contributed by atoms with E-state index in [1.807, 2.05) is 0 Å². The highest BCUT2D eigenvalue weighted by Gasteiger charge is 2.36. The van der Waals surface area contributed by atoms with E-state index in [4.69, 9.17) is 4.74 Å². The molecule has 20 heavy (non-hydrogen) atoms. The molecule has 1 N–H and O–H groups in total. The molecule has 1 saturated carbocycles. The predicted octanol–water partition coefficient (Wildman–Crippen LogP) is 2.66. The smallest absolute Gasteiger partial charge is 0.0623 e. The van der Waals surface area contributed by atoms with Gasteiger partial charge >= 0.3 is 0 Å². The second-order valence-corrected chi connectivity index (χ2v) is 7.11. The van der Waals surface area contributed by atoms with Crippen molar-refractivity contribution in [3.8, 4) is 0 Å². The van der Waals surface area contributed by atoms with Gasteiger partial charge in [-0.1, -0.05) is 19.8 Å². The van der Waals surface area contributed by atoms with E-state index < -0.39 is 0 Å². The topological polar surface area (TPSA) is 24.5 Å². The van der Waals surface area contributed by atoms with Crippen LogP contribution in [-0.2, 0) is 4.74 Å². The zero-order valence-electron chi connectivity index (χ0n) is 13.2. The van der Waals surface area contributed by atoms with Crippen LogP contribution in [0.2, 0.25) is 0 Å². The summed E-state index contributed by atoms with van der Waals surface area (Å²) in [4.78, 5) is 2.83. The SMILES string of the molecule is CCCNC1COCC1CN1CCC[C@H]2CCCC[C@H]21. The Balaban J connectivity index is 1.55. The van der Waals surface area contributed by atoms with Crippen molar-refractivity contribution in [3.05, 3.63) is 0 Å². The fourth-order valence-electron chi connectivity index (χ4n) is 4.59. The Hall–Kier alpha value is -0.120. The van der Waals surface area contributed by atoms with E-state index in [0.717, 1.165) is 31.7 Å². The van der Waals surface area contributed by atoms with E-state index in [-0.39, 0.29) is 0 Å². The molecular formula is C17H32N2O. The van der Waals surface area contributed by atoms with E-state index >= 15 is 0 Å². The summed E-state index contributed by atoms with van der Waals surface area (Å²) in [7, 11) is 0. The van der Waals surface area contributed by atoms with Gasteiger partial charge in [0.1, 0.15) is 0 Å². The Labute approximate surface area is 124 Å². The van der Waals surface area contributed by atoms with Crippen LogP contribution in [0.4, 0.5) is 0 Å². The summed E-state index contributed by atoms with van der Waals surface area (Å²) in [5, 5.41) is 3.69. The van der Waals surface area contributed by atoms with Gasteiger partial charge in [-0.2, -0.15) is 0 Å². The molecule has 0 bridgehead atoms. The van der Waals surface area contributed by atoms with Crippen LogP contribution in [0.5, 0.6) is 0 Å². The Morgan fingerprint density at radius 3 is 2.85 bits per heavy atom. The van der Waals surface area contributed by atoms with Crippen LogP contribution in [0.15, 0.2) is 0 Å². The number of rotatable bonds is 5. The second kappa shape index (κ2) is 7.24. The normalized spacial score (nSPS) is 38.9. The van der Waals surface area contributed by atoms with Gasteiger partial charge in [-0.15, -0.1) is 0 Å². The van der Waals surface area contributed by atoms with Crippen molar-refractivity contribution in [1.29, 1.82) is 0 Å². The summed E-state index contributed by atoms with van der Waals surface area (Å²) in [5.41, 5.74) is 0. The maximum Gasteiger partial charge on any atom is 0.0623 e. The van der Waals surface area contributed by atoms with Crippen LogP contribution >= 0.6 is 0 Å². The van der Waals surface area contributed by atoms with Gasteiger partial charge in [0, 0.05) is 24.5 Å². The molecule has 0 amide bonds. The lowest BCUT2D eigenvalue weighted by atomic mass is 9.78. The number of hydrogen-bond donors (Lipinski definition) is 1. The molecule has 3 nitrogen and oxygen atoms in total. The standard InChI is InChI=1S/C17H32N2O/c1-2-9-18-16-13-20-12-15(16)11-19-10-5-7-14-6-3-4-8-17(14)19/h14-18H,2-13H2,1H3/t14-,15?,16?,17-/m1/s1. The van der Waals surface area contributed by atoms with Crippen molar-refractivity contribution in [3.63, 3.8) is 0 Å². The van der Waals surface area contributed by atoms with Crippen molar-refractivity contribution >= 4 is 0 Å². The maximum atomic E-state index is 5.76. The minimum Gasteiger partial charge on any atom is -0.379 e. The Bertz CT molecular complexity index is 295. The van der Waals surface area contributed by atoms with Crippen LogP contribution in [0.1, 0.15) is 51.9 Å². The first-order valence-corrected chi connectivity index (χ1v) is 8.93. The number of ether oxygens (including phenoxy) is 1. The second-order valence-electron chi connectivity index (χ2n) is 7.11. The highest BCUT2D eigenvalue weighted by molar-refractivity contribution is 4.91. The molecule has 0 aromatic rings. The lowest BCUT2D eigenvalue weighted by Crippen LogP contribution is -2.51. The summed E-state index contributed by atoms with van der Waals surface area (Å²) in [6.07, 6.45) is 9.99. The summed E-state index contributed by atoms with van der Waals surface area (Å²) in [6.45, 7) is 7.87. The van der Waals surface area contributed by atoms with E-state index in [9.17, 15) is 0 Å². The largest absolute Gasteiger partial charge is 0.379 e. The first kappa shape index (κ1) is 14.8. The van der Waals surface area contributed by atoms with Gasteiger partial charge in [0.15, 0.2) is 0 Å². The first-order valence-electron chi connectivity index (χ1n) is 8.93. The van der Waals surface area contributed by atoms with Crippen LogP contribution in [-0.4, -0.2) is 49.8 Å². The summed E-state index contributed by atoms with van der Waals surface area (Å²) in [5.74, 6) is 1.71. The molecule has 2 heterocycles. The van der Waals surface area contributed by atoms with Gasteiger partial charge in [0.2, 0.25) is 0 Å². The third-order valence-electron chi connectivity index (χ3n) is 5.68. The third kappa shape index (κ3) is 3.37. The molecule has 0 aromatic heterocycles. The average Bonchev–Trinajstić information content (AvgIpc) is 2.93. The van der Waals surface area contributed by atoms with E-state index in [1.54, 1.807) is 0 Å². The van der Waals surface area contributed by atoms with E-state index in [2.05, 4.69) is 17.1 Å². The molecule has 0 radical (unpaired) electrons. The molecule has 3 rings (SSSR count). The molecule has 0 spiro atoms. The van der Waals surface area contributed by atoms with Crippen molar-refractivity contribution in [2.75, 3.05) is 32.8 Å². The van der Waals surface area contributed by atoms with Gasteiger partial charge in [0.25, 0.3) is 0 Å². The monoisotopic (exact) mass is 280 g/mol. The zero-order chi connectivity index (χ0) is 13.8. The van der Waals surface area contributed by atoms with Gasteiger partial charge in [-0.25, -0.2) is 0 Å². The molecule has 1 aliphatic carbocycles. The summed E-state index contributed by atoms with van der Waals surface area (Å²) < 4.78 is 5.76. The van der Waals surface area contributed by atoms with Crippen LogP contribution in [0.25, 0.3) is 0 Å². The highest BCUT2D eigenvalue weighted by Crippen LogP contribution is 2.36. The highest BCUT2D eigenvalue weighted by atomic mass is 16.5. The molecule has 3 fully saturated rings. The molecule has 2 unspecified atom stereocenters. The molecule has 0 aromatic carbocycles. The van der Waals surface area contributed by atoms with Crippen LogP contribution in [0, 0.1) is 11.8 Å². The number of nitrogens with one attached hydrogen (secondary N) is 1. The van der Waals surface area contributed by atoms with Crippen molar-refractivity contribution < 1.29 is 4.74 Å². The molecule has 116 valence electrons. The number of piperidine rings is 1. The van der Waals surface area contributed by atoms with Gasteiger partial charge in [-0.3, -0.25) is 4.90 Å². The fraction of sp³-hybridized carbons (Fsp3) is 1.00. The number of hydrogen-bond acceptors (Lipinski definition) is 3. The third-order valence-corrected chi connectivity index (χ3v) is 5.68. The van der Waals surface area contributed by atoms with Gasteiger partial charge in [0.05, 0.1) is 13.2 Å². The molecule has 3 aliphatic rings. The van der Waals surface area contributed by atoms with Gasteiger partial charge in [-0.05, 0) is 51.1 Å². The molecule has 2 aliphatic heterocycles. The Morgan fingerprint density at radius 1 is 1.10 bits per heavy atom. The molecule has 2 saturated heterocycles. The minimum absolute atomic E-state index is 0.596. The number of likely N-dealkylation sites (tertiary alicyclic amines) is 1. The van der Waals surface area contributed by atoms with E-state index in [1.165, 1.54) is 58.0 Å². The molecular weight excluding hydrogens is 248 g/mol. The van der Waals surface area contributed by atoms with Crippen LogP contribution in [0.3, 0.4) is 0 Å². The van der Waals surface area contributed by atoms with Crippen molar-refractivity contribution in [1.82, 2.24) is 10.2 Å². The fourth-order valence-corrected chi connectivity index (χ4v) is 4.59. The average molecular weight is 280 g/mol. The molecule has 4 atom stereocenters. The zero-order valence-corrected chi connectivity index (χ0v) is 13.2. The lowest BCUT2D eigenvalue weighted by Gasteiger charge is -2.45. The first-order chi connectivity index (χ1) is 9.88. The number of fused-ring (bicyclic) bond motifs is 1. The lowest BCUT2D eigenvalue weighted by molar-refractivity contribution is 0.0438. The maximum absolute atomic E-state index is 5.76. The Kier molecular flexibility index (Phi) is 5.36. The van der Waals surface area contributed by atoms with Crippen molar-refractivity contribution in [2.45, 2.75) is 64.0 Å². The van der Waals surface area contributed by atoms with Crippen LogP contribution < -0.4 is 5.32 Å². The number of nitrogens with zero attached hydrogens (tertiary/aromatic N) is 1. The quantitative estimate of drug-likeness (QED) is 0.838. The minimum atomic E-state index is 0.596. The van der Waals surface area contributed by atoms with Crippen molar-refractivity contribution in [2.24, 2.45) is 11.8 Å². The summed E-state index contributed by atoms with van der Waals surface area (Å²) >= 11 is 0. The van der Waals surface area contributed by atoms with Gasteiger partial charge < -0.3 is 10.1 Å². The van der Waals surface area contributed by atoms with E-state index in [0.29, 0.717) is 12.0 Å². The molecule has 3 heteroatoms.